The predicted octanol–water partition coefficient (Wildman–Crippen LogP) is 2.73. The van der Waals surface area contributed by atoms with Crippen molar-refractivity contribution < 1.29 is 9.59 Å². The van der Waals surface area contributed by atoms with Crippen molar-refractivity contribution in [1.29, 1.82) is 0 Å². The number of para-hydroxylation sites is 1. The second kappa shape index (κ2) is 9.07. The van der Waals surface area contributed by atoms with Gasteiger partial charge in [-0.15, -0.1) is 11.3 Å². The van der Waals surface area contributed by atoms with Crippen molar-refractivity contribution in [2.24, 2.45) is 0 Å². The van der Waals surface area contributed by atoms with Gasteiger partial charge in [0.05, 0.1) is 16.1 Å². The second-order valence-corrected chi connectivity index (χ2v) is 5.93. The summed E-state index contributed by atoms with van der Waals surface area (Å²) in [5.74, 6) is -0.393. The molecule has 1 aromatic heterocycles. The number of anilines is 1. The zero-order chi connectivity index (χ0) is 16.5. The number of thiophene rings is 1. The summed E-state index contributed by atoms with van der Waals surface area (Å²) in [6.45, 7) is 4.30. The van der Waals surface area contributed by atoms with Crippen molar-refractivity contribution in [2.45, 2.75) is 13.3 Å². The summed E-state index contributed by atoms with van der Waals surface area (Å²) in [6, 6.07) is 10.6. The summed E-state index contributed by atoms with van der Waals surface area (Å²) in [5.41, 5.74) is 0.984. The van der Waals surface area contributed by atoms with Crippen LogP contribution in [0.15, 0.2) is 41.8 Å². The first-order valence-corrected chi connectivity index (χ1v) is 8.53. The number of carbonyl (C=O) groups excluding carboxylic acids is 2. The van der Waals surface area contributed by atoms with Gasteiger partial charge in [0.25, 0.3) is 11.8 Å². The molecule has 0 aliphatic heterocycles. The Morgan fingerprint density at radius 3 is 2.57 bits per heavy atom. The molecule has 0 saturated heterocycles. The van der Waals surface area contributed by atoms with Gasteiger partial charge in [-0.3, -0.25) is 9.59 Å². The molecule has 3 N–H and O–H groups in total. The zero-order valence-electron chi connectivity index (χ0n) is 13.1. The molecular weight excluding hydrogens is 310 g/mol. The molecule has 2 aromatic rings. The van der Waals surface area contributed by atoms with E-state index in [0.29, 0.717) is 22.7 Å². The normalized spacial score (nSPS) is 10.3. The van der Waals surface area contributed by atoms with Crippen LogP contribution in [-0.4, -0.2) is 31.4 Å². The van der Waals surface area contributed by atoms with Gasteiger partial charge in [0, 0.05) is 13.1 Å². The fourth-order valence-electron chi connectivity index (χ4n) is 2.04. The zero-order valence-corrected chi connectivity index (χ0v) is 13.9. The molecule has 0 bridgehead atoms. The summed E-state index contributed by atoms with van der Waals surface area (Å²) in [4.78, 5) is 25.0. The molecule has 6 heteroatoms. The highest BCUT2D eigenvalue weighted by Gasteiger charge is 2.14. The Morgan fingerprint density at radius 1 is 1.00 bits per heavy atom. The molecule has 0 fully saturated rings. The Hall–Kier alpha value is -2.18. The molecule has 2 rings (SSSR count). The van der Waals surface area contributed by atoms with E-state index in [0.717, 1.165) is 19.5 Å². The van der Waals surface area contributed by atoms with Crippen LogP contribution < -0.4 is 16.0 Å². The van der Waals surface area contributed by atoms with E-state index in [1.807, 2.05) is 11.4 Å². The van der Waals surface area contributed by atoms with E-state index >= 15 is 0 Å². The Labute approximate surface area is 140 Å². The van der Waals surface area contributed by atoms with E-state index < -0.39 is 0 Å². The number of amides is 2. The molecule has 23 heavy (non-hydrogen) atoms. The number of hydrogen-bond acceptors (Lipinski definition) is 4. The van der Waals surface area contributed by atoms with Crippen LogP contribution in [0, 0.1) is 0 Å². The van der Waals surface area contributed by atoms with Gasteiger partial charge in [0.2, 0.25) is 0 Å². The minimum Gasteiger partial charge on any atom is -0.351 e. The summed E-state index contributed by atoms with van der Waals surface area (Å²) < 4.78 is 0. The van der Waals surface area contributed by atoms with Gasteiger partial charge in [0.1, 0.15) is 0 Å². The van der Waals surface area contributed by atoms with Gasteiger partial charge in [-0.1, -0.05) is 25.1 Å². The Balaban J connectivity index is 1.96. The minimum atomic E-state index is -0.204. The number of hydrogen-bond donors (Lipinski definition) is 3. The first-order valence-electron chi connectivity index (χ1n) is 7.65. The third-order valence-electron chi connectivity index (χ3n) is 3.18. The average Bonchev–Trinajstić information content (AvgIpc) is 3.09. The average molecular weight is 331 g/mol. The maximum atomic E-state index is 12.3. The lowest BCUT2D eigenvalue weighted by Gasteiger charge is -2.11. The van der Waals surface area contributed by atoms with Crippen LogP contribution in [0.5, 0.6) is 0 Å². The van der Waals surface area contributed by atoms with Crippen molar-refractivity contribution >= 4 is 28.8 Å². The second-order valence-electron chi connectivity index (χ2n) is 4.98. The number of rotatable bonds is 8. The molecule has 0 saturated carbocycles. The van der Waals surface area contributed by atoms with Crippen LogP contribution in [0.1, 0.15) is 33.4 Å². The number of nitrogens with one attached hydrogen (secondary N) is 3. The molecule has 2 amide bonds. The molecule has 5 nitrogen and oxygen atoms in total. The summed E-state index contributed by atoms with van der Waals surface area (Å²) in [7, 11) is 0. The number of carbonyl (C=O) groups is 2. The largest absolute Gasteiger partial charge is 0.351 e. The Bertz CT molecular complexity index is 641. The van der Waals surface area contributed by atoms with Crippen LogP contribution in [0.4, 0.5) is 5.69 Å². The van der Waals surface area contributed by atoms with E-state index in [1.165, 1.54) is 11.3 Å². The van der Waals surface area contributed by atoms with Crippen LogP contribution in [-0.2, 0) is 0 Å². The molecule has 0 aliphatic rings. The first-order chi connectivity index (χ1) is 11.2. The molecule has 1 aromatic carbocycles. The van der Waals surface area contributed by atoms with E-state index in [4.69, 9.17) is 0 Å². The quantitative estimate of drug-likeness (QED) is 0.651. The van der Waals surface area contributed by atoms with E-state index in [-0.39, 0.29) is 11.8 Å². The lowest BCUT2D eigenvalue weighted by molar-refractivity contribution is 0.0955. The SMILES string of the molecule is CCCNCCNC(=O)c1ccccc1NC(=O)c1cccs1. The topological polar surface area (TPSA) is 70.2 Å². The van der Waals surface area contributed by atoms with E-state index in [9.17, 15) is 9.59 Å². The Kier molecular flexibility index (Phi) is 6.77. The lowest BCUT2D eigenvalue weighted by Crippen LogP contribution is -2.32. The van der Waals surface area contributed by atoms with Gasteiger partial charge in [0.15, 0.2) is 0 Å². The highest BCUT2D eigenvalue weighted by atomic mass is 32.1. The van der Waals surface area contributed by atoms with Gasteiger partial charge in [-0.2, -0.15) is 0 Å². The lowest BCUT2D eigenvalue weighted by atomic mass is 10.1. The predicted molar refractivity (Wildman–Crippen MR) is 94.2 cm³/mol. The third-order valence-corrected chi connectivity index (χ3v) is 4.05. The molecular formula is C17H21N3O2S. The minimum absolute atomic E-state index is 0.189. The molecule has 0 aliphatic carbocycles. The summed E-state index contributed by atoms with van der Waals surface area (Å²) in [6.07, 6.45) is 1.06. The maximum Gasteiger partial charge on any atom is 0.265 e. The van der Waals surface area contributed by atoms with Crippen LogP contribution in [0.2, 0.25) is 0 Å². The van der Waals surface area contributed by atoms with Gasteiger partial charge >= 0.3 is 0 Å². The molecule has 0 spiro atoms. The van der Waals surface area contributed by atoms with E-state index in [1.54, 1.807) is 30.3 Å². The highest BCUT2D eigenvalue weighted by Crippen LogP contribution is 2.17. The van der Waals surface area contributed by atoms with Crippen molar-refractivity contribution in [3.8, 4) is 0 Å². The van der Waals surface area contributed by atoms with Crippen LogP contribution in [0.3, 0.4) is 0 Å². The van der Waals surface area contributed by atoms with Crippen LogP contribution >= 0.6 is 11.3 Å². The van der Waals surface area contributed by atoms with E-state index in [2.05, 4.69) is 22.9 Å². The Morgan fingerprint density at radius 2 is 1.83 bits per heavy atom. The van der Waals surface area contributed by atoms with Gasteiger partial charge in [-0.25, -0.2) is 0 Å². The van der Waals surface area contributed by atoms with Crippen molar-refractivity contribution in [3.63, 3.8) is 0 Å². The summed E-state index contributed by atoms with van der Waals surface area (Å²) >= 11 is 1.37. The van der Waals surface area contributed by atoms with Gasteiger partial charge < -0.3 is 16.0 Å². The van der Waals surface area contributed by atoms with Crippen molar-refractivity contribution in [3.05, 3.63) is 52.2 Å². The molecule has 0 atom stereocenters. The fourth-order valence-corrected chi connectivity index (χ4v) is 2.66. The van der Waals surface area contributed by atoms with Crippen LogP contribution in [0.25, 0.3) is 0 Å². The third kappa shape index (κ3) is 5.19. The highest BCUT2D eigenvalue weighted by molar-refractivity contribution is 7.12. The summed E-state index contributed by atoms with van der Waals surface area (Å²) in [5, 5.41) is 10.7. The van der Waals surface area contributed by atoms with Crippen molar-refractivity contribution in [2.75, 3.05) is 25.0 Å². The van der Waals surface area contributed by atoms with Crippen molar-refractivity contribution in [1.82, 2.24) is 10.6 Å². The molecule has 1 heterocycles. The standard InChI is InChI=1S/C17H21N3O2S/c1-2-9-18-10-11-19-16(21)13-6-3-4-7-14(13)20-17(22)15-8-5-12-23-15/h3-8,12,18H,2,9-11H2,1H3,(H,19,21)(H,20,22). The van der Waals surface area contributed by atoms with Gasteiger partial charge in [-0.05, 0) is 36.5 Å². The maximum absolute atomic E-state index is 12.3. The smallest absolute Gasteiger partial charge is 0.265 e. The molecule has 0 radical (unpaired) electrons. The fraction of sp³-hybridized carbons (Fsp3) is 0.294. The molecule has 0 unspecified atom stereocenters. The monoisotopic (exact) mass is 331 g/mol. The molecule has 122 valence electrons. The number of benzene rings is 1. The first kappa shape index (κ1) is 17.2.